The van der Waals surface area contributed by atoms with E-state index in [-0.39, 0.29) is 12.0 Å². The molecule has 5 nitrogen and oxygen atoms in total. The van der Waals surface area contributed by atoms with Crippen molar-refractivity contribution in [1.82, 2.24) is 15.3 Å². The van der Waals surface area contributed by atoms with E-state index in [0.29, 0.717) is 12.2 Å². The Morgan fingerprint density at radius 3 is 3.25 bits per heavy atom. The van der Waals surface area contributed by atoms with Crippen molar-refractivity contribution in [2.24, 2.45) is 0 Å². The largest absolute Gasteiger partial charge is 0.376 e. The molecule has 6 heteroatoms. The number of aromatic nitrogens is 2. The van der Waals surface area contributed by atoms with E-state index in [2.05, 4.69) is 15.3 Å². The maximum atomic E-state index is 12.0. The molecule has 1 amide bonds. The van der Waals surface area contributed by atoms with Gasteiger partial charge in [0.2, 0.25) is 0 Å². The molecule has 1 unspecified atom stereocenters. The Balaban J connectivity index is 1.62. The molecule has 1 saturated heterocycles. The summed E-state index contributed by atoms with van der Waals surface area (Å²) >= 11 is 1.45. The van der Waals surface area contributed by atoms with Crippen LogP contribution in [-0.4, -0.2) is 35.1 Å². The molecule has 1 fully saturated rings. The third-order valence-corrected chi connectivity index (χ3v) is 4.05. The number of ether oxygens (including phenoxy) is 1. The summed E-state index contributed by atoms with van der Waals surface area (Å²) in [5.41, 5.74) is 1.38. The number of thiazole rings is 1. The van der Waals surface area contributed by atoms with Crippen LogP contribution in [0, 0.1) is 0 Å². The van der Waals surface area contributed by atoms with Gasteiger partial charge in [-0.15, -0.1) is 11.3 Å². The van der Waals surface area contributed by atoms with Gasteiger partial charge in [0.15, 0.2) is 0 Å². The molecule has 1 aliphatic rings. The zero-order valence-electron chi connectivity index (χ0n) is 10.9. The highest BCUT2D eigenvalue weighted by molar-refractivity contribution is 7.13. The Kier molecular flexibility index (Phi) is 4.03. The number of amides is 1. The average molecular weight is 289 g/mol. The van der Waals surface area contributed by atoms with Gasteiger partial charge in [-0.1, -0.05) is 0 Å². The summed E-state index contributed by atoms with van der Waals surface area (Å²) in [6, 6.07) is 3.79. The van der Waals surface area contributed by atoms with Crippen molar-refractivity contribution in [3.05, 3.63) is 35.6 Å². The number of nitrogens with one attached hydrogen (secondary N) is 1. The summed E-state index contributed by atoms with van der Waals surface area (Å²) in [5.74, 6) is -0.146. The first kappa shape index (κ1) is 13.2. The Morgan fingerprint density at radius 1 is 1.55 bits per heavy atom. The van der Waals surface area contributed by atoms with E-state index in [1.807, 2.05) is 12.1 Å². The van der Waals surface area contributed by atoms with Crippen LogP contribution in [0.25, 0.3) is 10.6 Å². The number of rotatable bonds is 4. The molecule has 104 valence electrons. The number of nitrogens with zero attached hydrogens (tertiary/aromatic N) is 2. The van der Waals surface area contributed by atoms with Crippen LogP contribution in [-0.2, 0) is 4.74 Å². The second-order valence-corrected chi connectivity index (χ2v) is 5.48. The van der Waals surface area contributed by atoms with E-state index in [0.717, 1.165) is 30.0 Å². The van der Waals surface area contributed by atoms with Crippen LogP contribution in [0.1, 0.15) is 23.3 Å². The van der Waals surface area contributed by atoms with Gasteiger partial charge in [-0.3, -0.25) is 9.78 Å². The number of pyridine rings is 1. The van der Waals surface area contributed by atoms with Crippen molar-refractivity contribution in [3.63, 3.8) is 0 Å². The quantitative estimate of drug-likeness (QED) is 0.936. The highest BCUT2D eigenvalue weighted by Gasteiger charge is 2.18. The maximum absolute atomic E-state index is 12.0. The molecule has 0 spiro atoms. The molecule has 0 saturated carbocycles. The highest BCUT2D eigenvalue weighted by Crippen LogP contribution is 2.22. The smallest absolute Gasteiger partial charge is 0.270 e. The maximum Gasteiger partial charge on any atom is 0.270 e. The van der Waals surface area contributed by atoms with Gasteiger partial charge in [-0.05, 0) is 25.0 Å². The van der Waals surface area contributed by atoms with Crippen molar-refractivity contribution in [2.75, 3.05) is 13.2 Å². The first-order valence-corrected chi connectivity index (χ1v) is 7.46. The third kappa shape index (κ3) is 3.02. The van der Waals surface area contributed by atoms with Gasteiger partial charge >= 0.3 is 0 Å². The molecule has 3 rings (SSSR count). The van der Waals surface area contributed by atoms with Crippen LogP contribution in [0.3, 0.4) is 0 Å². The van der Waals surface area contributed by atoms with E-state index in [9.17, 15) is 4.79 Å². The lowest BCUT2D eigenvalue weighted by Gasteiger charge is -2.09. The van der Waals surface area contributed by atoms with E-state index in [4.69, 9.17) is 4.74 Å². The van der Waals surface area contributed by atoms with E-state index in [1.54, 1.807) is 17.8 Å². The van der Waals surface area contributed by atoms with Crippen molar-refractivity contribution >= 4 is 17.2 Å². The molecule has 0 aliphatic carbocycles. The summed E-state index contributed by atoms with van der Waals surface area (Å²) < 4.78 is 5.47. The van der Waals surface area contributed by atoms with Crippen molar-refractivity contribution in [2.45, 2.75) is 18.9 Å². The van der Waals surface area contributed by atoms with Crippen LogP contribution in [0.4, 0.5) is 0 Å². The number of carbonyl (C=O) groups is 1. The minimum atomic E-state index is -0.146. The molecule has 1 N–H and O–H groups in total. The zero-order valence-corrected chi connectivity index (χ0v) is 11.7. The predicted molar refractivity (Wildman–Crippen MR) is 76.7 cm³/mol. The van der Waals surface area contributed by atoms with Crippen LogP contribution < -0.4 is 5.32 Å². The normalized spacial score (nSPS) is 18.1. The summed E-state index contributed by atoms with van der Waals surface area (Å²) in [6.45, 7) is 1.35. The molecule has 0 radical (unpaired) electrons. The lowest BCUT2D eigenvalue weighted by Crippen LogP contribution is -2.31. The SMILES string of the molecule is O=C(NCC1CCCO1)c1csc(-c2cccnc2)n1. The van der Waals surface area contributed by atoms with Crippen LogP contribution in [0.5, 0.6) is 0 Å². The van der Waals surface area contributed by atoms with Crippen LogP contribution in [0.2, 0.25) is 0 Å². The topological polar surface area (TPSA) is 64.1 Å². The Bertz CT molecular complexity index is 579. The first-order valence-electron chi connectivity index (χ1n) is 6.58. The molecular weight excluding hydrogens is 274 g/mol. The second-order valence-electron chi connectivity index (χ2n) is 4.62. The monoisotopic (exact) mass is 289 g/mol. The Hall–Kier alpha value is -1.79. The highest BCUT2D eigenvalue weighted by atomic mass is 32.1. The molecular formula is C14H15N3O2S. The molecule has 3 heterocycles. The summed E-state index contributed by atoms with van der Waals surface area (Å²) in [6.07, 6.45) is 5.69. The second kappa shape index (κ2) is 6.11. The minimum absolute atomic E-state index is 0.146. The standard InChI is InChI=1S/C14H15N3O2S/c18-13(16-8-11-4-2-6-19-11)12-9-20-14(17-12)10-3-1-5-15-7-10/h1,3,5,7,9,11H,2,4,6,8H2,(H,16,18). The molecule has 0 aromatic carbocycles. The van der Waals surface area contributed by atoms with E-state index in [1.165, 1.54) is 11.3 Å². The Morgan fingerprint density at radius 2 is 2.50 bits per heavy atom. The van der Waals surface area contributed by atoms with Crippen molar-refractivity contribution < 1.29 is 9.53 Å². The van der Waals surface area contributed by atoms with Crippen molar-refractivity contribution in [1.29, 1.82) is 0 Å². The van der Waals surface area contributed by atoms with Gasteiger partial charge in [-0.2, -0.15) is 0 Å². The van der Waals surface area contributed by atoms with Crippen LogP contribution in [0.15, 0.2) is 29.9 Å². The first-order chi connectivity index (χ1) is 9.83. The molecule has 2 aromatic rings. The van der Waals surface area contributed by atoms with Gasteiger partial charge in [0.05, 0.1) is 6.10 Å². The van der Waals surface area contributed by atoms with Gasteiger partial charge in [0.25, 0.3) is 5.91 Å². The summed E-state index contributed by atoms with van der Waals surface area (Å²) in [5, 5.41) is 5.45. The minimum Gasteiger partial charge on any atom is -0.376 e. The fourth-order valence-corrected chi connectivity index (χ4v) is 2.89. The summed E-state index contributed by atoms with van der Waals surface area (Å²) in [4.78, 5) is 20.4. The van der Waals surface area contributed by atoms with Gasteiger partial charge < -0.3 is 10.1 Å². The third-order valence-electron chi connectivity index (χ3n) is 3.16. The molecule has 0 bridgehead atoms. The van der Waals surface area contributed by atoms with Crippen LogP contribution >= 0.6 is 11.3 Å². The van der Waals surface area contributed by atoms with E-state index >= 15 is 0 Å². The molecule has 1 aliphatic heterocycles. The average Bonchev–Trinajstić information content (AvgIpc) is 3.17. The number of hydrogen-bond acceptors (Lipinski definition) is 5. The van der Waals surface area contributed by atoms with E-state index < -0.39 is 0 Å². The Labute approximate surface area is 121 Å². The fourth-order valence-electron chi connectivity index (χ4n) is 2.10. The summed E-state index contributed by atoms with van der Waals surface area (Å²) in [7, 11) is 0. The van der Waals surface area contributed by atoms with Gasteiger partial charge in [0.1, 0.15) is 10.7 Å². The lowest BCUT2D eigenvalue weighted by molar-refractivity contribution is 0.0854. The molecule has 2 aromatic heterocycles. The van der Waals surface area contributed by atoms with Gasteiger partial charge in [0, 0.05) is 36.5 Å². The van der Waals surface area contributed by atoms with Crippen molar-refractivity contribution in [3.8, 4) is 10.6 Å². The number of carbonyl (C=O) groups excluding carboxylic acids is 1. The fraction of sp³-hybridized carbons (Fsp3) is 0.357. The predicted octanol–water partition coefficient (Wildman–Crippen LogP) is 2.11. The molecule has 20 heavy (non-hydrogen) atoms. The van der Waals surface area contributed by atoms with Gasteiger partial charge in [-0.25, -0.2) is 4.98 Å². The zero-order chi connectivity index (χ0) is 13.8. The number of hydrogen-bond donors (Lipinski definition) is 1. The molecule has 1 atom stereocenters. The lowest BCUT2D eigenvalue weighted by atomic mass is 10.2.